The van der Waals surface area contributed by atoms with Crippen molar-refractivity contribution in [2.45, 2.75) is 38.1 Å². The first-order valence-corrected chi connectivity index (χ1v) is 7.36. The average Bonchev–Trinajstić information content (AvgIpc) is 2.87. The third kappa shape index (κ3) is 5.21. The number of halogens is 1. The second-order valence-corrected chi connectivity index (χ2v) is 5.54. The Morgan fingerprint density at radius 2 is 2.11 bits per heavy atom. The minimum Gasteiger partial charge on any atom is -0.352 e. The molecule has 0 unspecified atom stereocenters. The Kier molecular flexibility index (Phi) is 5.67. The highest BCUT2D eigenvalue weighted by Crippen LogP contribution is 2.17. The summed E-state index contributed by atoms with van der Waals surface area (Å²) >= 11 is 5.92. The SMILES string of the molecule is O=C(CNCCc1cccc(Cl)c1)NC1CCCC1. The molecule has 0 aliphatic heterocycles. The molecule has 3 nitrogen and oxygen atoms in total. The molecule has 0 heterocycles. The Bertz CT molecular complexity index is 416. The Labute approximate surface area is 119 Å². The summed E-state index contributed by atoms with van der Waals surface area (Å²) in [5.41, 5.74) is 1.19. The van der Waals surface area contributed by atoms with Crippen molar-refractivity contribution in [1.29, 1.82) is 0 Å². The second-order valence-electron chi connectivity index (χ2n) is 5.11. The van der Waals surface area contributed by atoms with Crippen molar-refractivity contribution in [2.24, 2.45) is 0 Å². The van der Waals surface area contributed by atoms with Crippen molar-refractivity contribution >= 4 is 17.5 Å². The molecule has 19 heavy (non-hydrogen) atoms. The smallest absolute Gasteiger partial charge is 0.234 e. The van der Waals surface area contributed by atoms with Crippen LogP contribution in [0, 0.1) is 0 Å². The van der Waals surface area contributed by atoms with Gasteiger partial charge < -0.3 is 10.6 Å². The Morgan fingerprint density at radius 3 is 2.84 bits per heavy atom. The van der Waals surface area contributed by atoms with E-state index in [4.69, 9.17) is 11.6 Å². The summed E-state index contributed by atoms with van der Waals surface area (Å²) in [5.74, 6) is 0.109. The summed E-state index contributed by atoms with van der Waals surface area (Å²) in [4.78, 5) is 11.7. The molecule has 1 aliphatic rings. The molecule has 0 saturated heterocycles. The zero-order valence-corrected chi connectivity index (χ0v) is 11.9. The summed E-state index contributed by atoms with van der Waals surface area (Å²) in [7, 11) is 0. The van der Waals surface area contributed by atoms with Crippen LogP contribution < -0.4 is 10.6 Å². The highest BCUT2D eigenvalue weighted by Gasteiger charge is 2.16. The van der Waals surface area contributed by atoms with Crippen LogP contribution in [0.2, 0.25) is 5.02 Å². The minimum absolute atomic E-state index is 0.109. The number of carbonyl (C=O) groups is 1. The van der Waals surface area contributed by atoms with Crippen LogP contribution in [0.4, 0.5) is 0 Å². The van der Waals surface area contributed by atoms with Crippen LogP contribution in [-0.4, -0.2) is 25.0 Å². The van der Waals surface area contributed by atoms with Crippen molar-refractivity contribution in [2.75, 3.05) is 13.1 Å². The minimum atomic E-state index is 0.109. The topological polar surface area (TPSA) is 41.1 Å². The molecule has 1 aliphatic carbocycles. The molecule has 2 rings (SSSR count). The number of nitrogens with one attached hydrogen (secondary N) is 2. The second kappa shape index (κ2) is 7.51. The molecule has 4 heteroatoms. The van der Waals surface area contributed by atoms with Crippen molar-refractivity contribution in [3.63, 3.8) is 0 Å². The van der Waals surface area contributed by atoms with Crippen LogP contribution in [0.3, 0.4) is 0 Å². The first-order chi connectivity index (χ1) is 9.24. The molecule has 1 amide bonds. The lowest BCUT2D eigenvalue weighted by atomic mass is 10.1. The number of benzene rings is 1. The molecule has 2 N–H and O–H groups in total. The standard InChI is InChI=1S/C15H21ClN2O/c16-13-5-3-4-12(10-13)8-9-17-11-15(19)18-14-6-1-2-7-14/h3-5,10,14,17H,1-2,6-9,11H2,(H,18,19). The molecule has 0 aromatic heterocycles. The average molecular weight is 281 g/mol. The number of hydrogen-bond acceptors (Lipinski definition) is 2. The van der Waals surface area contributed by atoms with Gasteiger partial charge in [0.05, 0.1) is 6.54 Å². The highest BCUT2D eigenvalue weighted by atomic mass is 35.5. The first-order valence-electron chi connectivity index (χ1n) is 6.98. The summed E-state index contributed by atoms with van der Waals surface area (Å²) in [6.07, 6.45) is 5.64. The first kappa shape index (κ1) is 14.4. The van der Waals surface area contributed by atoms with E-state index in [1.165, 1.54) is 18.4 Å². The van der Waals surface area contributed by atoms with Crippen LogP contribution in [-0.2, 0) is 11.2 Å². The van der Waals surface area contributed by atoms with Crippen LogP contribution >= 0.6 is 11.6 Å². The van der Waals surface area contributed by atoms with Gasteiger partial charge in [0.25, 0.3) is 0 Å². The normalized spacial score (nSPS) is 15.6. The van der Waals surface area contributed by atoms with Gasteiger partial charge in [-0.1, -0.05) is 36.6 Å². The van der Waals surface area contributed by atoms with Gasteiger partial charge in [0.1, 0.15) is 0 Å². The third-order valence-electron chi connectivity index (χ3n) is 3.49. The van der Waals surface area contributed by atoms with E-state index < -0.39 is 0 Å². The van der Waals surface area contributed by atoms with E-state index in [2.05, 4.69) is 10.6 Å². The van der Waals surface area contributed by atoms with Crippen molar-refractivity contribution < 1.29 is 4.79 Å². The van der Waals surface area contributed by atoms with E-state index in [0.29, 0.717) is 12.6 Å². The maximum Gasteiger partial charge on any atom is 0.234 e. The summed E-state index contributed by atoms with van der Waals surface area (Å²) in [6.45, 7) is 1.19. The van der Waals surface area contributed by atoms with Crippen molar-refractivity contribution in [1.82, 2.24) is 10.6 Å². The van der Waals surface area contributed by atoms with Gasteiger partial charge in [0.2, 0.25) is 5.91 Å². The Balaban J connectivity index is 1.59. The predicted octanol–water partition coefficient (Wildman–Crippen LogP) is 2.53. The zero-order chi connectivity index (χ0) is 13.5. The fourth-order valence-corrected chi connectivity index (χ4v) is 2.69. The fraction of sp³-hybridized carbons (Fsp3) is 0.533. The molecular formula is C15H21ClN2O. The van der Waals surface area contributed by atoms with E-state index in [0.717, 1.165) is 30.8 Å². The van der Waals surface area contributed by atoms with E-state index in [9.17, 15) is 4.79 Å². The van der Waals surface area contributed by atoms with E-state index in [1.54, 1.807) is 0 Å². The quantitative estimate of drug-likeness (QED) is 0.786. The molecule has 0 spiro atoms. The summed E-state index contributed by atoms with van der Waals surface area (Å²) in [5, 5.41) is 7.00. The van der Waals surface area contributed by atoms with Crippen LogP contribution in [0.1, 0.15) is 31.2 Å². The van der Waals surface area contributed by atoms with E-state index >= 15 is 0 Å². The van der Waals surface area contributed by atoms with Crippen molar-refractivity contribution in [3.8, 4) is 0 Å². The van der Waals surface area contributed by atoms with Gasteiger partial charge in [0.15, 0.2) is 0 Å². The Morgan fingerprint density at radius 1 is 1.32 bits per heavy atom. The molecular weight excluding hydrogens is 260 g/mol. The fourth-order valence-electron chi connectivity index (χ4n) is 2.48. The Hall–Kier alpha value is -1.06. The molecule has 0 radical (unpaired) electrons. The monoisotopic (exact) mass is 280 g/mol. The third-order valence-corrected chi connectivity index (χ3v) is 3.72. The lowest BCUT2D eigenvalue weighted by Gasteiger charge is -2.12. The molecule has 1 fully saturated rings. The van der Waals surface area contributed by atoms with Gasteiger partial charge >= 0.3 is 0 Å². The van der Waals surface area contributed by atoms with Crippen molar-refractivity contribution in [3.05, 3.63) is 34.9 Å². The highest BCUT2D eigenvalue weighted by molar-refractivity contribution is 6.30. The molecule has 104 valence electrons. The van der Waals surface area contributed by atoms with Crippen LogP contribution in [0.25, 0.3) is 0 Å². The van der Waals surface area contributed by atoms with Gasteiger partial charge in [-0.05, 0) is 43.5 Å². The van der Waals surface area contributed by atoms with E-state index in [1.807, 2.05) is 24.3 Å². The largest absolute Gasteiger partial charge is 0.352 e. The van der Waals surface area contributed by atoms with Gasteiger partial charge in [0, 0.05) is 11.1 Å². The maximum absolute atomic E-state index is 11.7. The van der Waals surface area contributed by atoms with Crippen LogP contribution in [0.5, 0.6) is 0 Å². The lowest BCUT2D eigenvalue weighted by Crippen LogP contribution is -2.39. The number of carbonyl (C=O) groups excluding carboxylic acids is 1. The van der Waals surface area contributed by atoms with Gasteiger partial charge in [-0.2, -0.15) is 0 Å². The molecule has 1 saturated carbocycles. The van der Waals surface area contributed by atoms with E-state index in [-0.39, 0.29) is 5.91 Å². The van der Waals surface area contributed by atoms with Gasteiger partial charge in [-0.3, -0.25) is 4.79 Å². The zero-order valence-electron chi connectivity index (χ0n) is 11.1. The van der Waals surface area contributed by atoms with Gasteiger partial charge in [-0.15, -0.1) is 0 Å². The maximum atomic E-state index is 11.7. The van der Waals surface area contributed by atoms with Gasteiger partial charge in [-0.25, -0.2) is 0 Å². The molecule has 0 atom stereocenters. The molecule has 1 aromatic rings. The number of hydrogen-bond donors (Lipinski definition) is 2. The molecule has 0 bridgehead atoms. The molecule has 1 aromatic carbocycles. The number of rotatable bonds is 6. The summed E-state index contributed by atoms with van der Waals surface area (Å²) in [6, 6.07) is 8.23. The van der Waals surface area contributed by atoms with Crippen LogP contribution in [0.15, 0.2) is 24.3 Å². The number of amides is 1. The predicted molar refractivity (Wildman–Crippen MR) is 78.4 cm³/mol. The lowest BCUT2D eigenvalue weighted by molar-refractivity contribution is -0.120. The summed E-state index contributed by atoms with van der Waals surface area (Å²) < 4.78 is 0.